The number of ether oxygens (including phenoxy) is 1. The fraction of sp³-hybridized carbons (Fsp3) is 0.556. The zero-order valence-electron chi connectivity index (χ0n) is 15.2. The van der Waals surface area contributed by atoms with E-state index in [4.69, 9.17) is 4.74 Å². The van der Waals surface area contributed by atoms with Crippen molar-refractivity contribution in [2.45, 2.75) is 26.2 Å². The first-order chi connectivity index (χ1) is 12.2. The molecule has 0 saturated carbocycles. The lowest BCUT2D eigenvalue weighted by molar-refractivity contribution is -0.127. The van der Waals surface area contributed by atoms with Crippen LogP contribution in [0.25, 0.3) is 0 Å². The van der Waals surface area contributed by atoms with E-state index in [0.717, 1.165) is 48.7 Å². The van der Waals surface area contributed by atoms with Crippen molar-refractivity contribution in [3.63, 3.8) is 0 Å². The Morgan fingerprint density at radius 3 is 2.73 bits per heavy atom. The molecule has 1 aliphatic heterocycles. The van der Waals surface area contributed by atoms with Gasteiger partial charge in [0, 0.05) is 37.1 Å². The molecule has 146 valence electrons. The Labute approximate surface area is 181 Å². The van der Waals surface area contributed by atoms with Crippen molar-refractivity contribution in [2.24, 2.45) is 4.99 Å². The van der Waals surface area contributed by atoms with Gasteiger partial charge < -0.3 is 20.3 Å². The Bertz CT molecular complexity index is 569. The zero-order valence-corrected chi connectivity index (χ0v) is 19.1. The molecule has 0 aromatic heterocycles. The maximum atomic E-state index is 11.6. The second-order valence-corrected chi connectivity index (χ2v) is 6.74. The van der Waals surface area contributed by atoms with Gasteiger partial charge >= 0.3 is 0 Å². The second kappa shape index (κ2) is 13.2. The summed E-state index contributed by atoms with van der Waals surface area (Å²) in [5.41, 5.74) is 0. The molecular weight excluding hydrogens is 511 g/mol. The number of aliphatic imine (C=N–C) groups is 1. The molecule has 1 fully saturated rings. The summed E-state index contributed by atoms with van der Waals surface area (Å²) >= 11 is 3.40. The van der Waals surface area contributed by atoms with Crippen molar-refractivity contribution in [1.29, 1.82) is 0 Å². The molecule has 26 heavy (non-hydrogen) atoms. The van der Waals surface area contributed by atoms with Gasteiger partial charge in [0.1, 0.15) is 12.4 Å². The molecular formula is C18H28BrIN4O2. The van der Waals surface area contributed by atoms with E-state index < -0.39 is 0 Å². The van der Waals surface area contributed by atoms with Gasteiger partial charge in [0.25, 0.3) is 0 Å². The van der Waals surface area contributed by atoms with E-state index in [0.29, 0.717) is 26.1 Å². The fourth-order valence-corrected chi connectivity index (χ4v) is 2.87. The highest BCUT2D eigenvalue weighted by molar-refractivity contribution is 14.0. The number of nitrogens with one attached hydrogen (secondary N) is 2. The number of halogens is 2. The number of hydrogen-bond acceptors (Lipinski definition) is 3. The average molecular weight is 539 g/mol. The highest BCUT2D eigenvalue weighted by Crippen LogP contribution is 2.15. The number of likely N-dealkylation sites (tertiary alicyclic amines) is 1. The van der Waals surface area contributed by atoms with Gasteiger partial charge in [-0.2, -0.15) is 0 Å². The summed E-state index contributed by atoms with van der Waals surface area (Å²) in [5.74, 6) is 1.91. The minimum absolute atomic E-state index is 0. The highest BCUT2D eigenvalue weighted by Gasteiger charge is 2.18. The molecule has 0 unspecified atom stereocenters. The summed E-state index contributed by atoms with van der Waals surface area (Å²) in [5, 5.41) is 6.49. The molecule has 0 spiro atoms. The molecule has 0 atom stereocenters. The van der Waals surface area contributed by atoms with Crippen LogP contribution in [-0.4, -0.2) is 56.1 Å². The number of hydrogen-bond donors (Lipinski definition) is 2. The first kappa shape index (κ1) is 23.0. The maximum Gasteiger partial charge on any atom is 0.222 e. The van der Waals surface area contributed by atoms with Crippen LogP contribution in [-0.2, 0) is 4.79 Å². The predicted molar refractivity (Wildman–Crippen MR) is 119 cm³/mol. The van der Waals surface area contributed by atoms with Gasteiger partial charge in [0.05, 0.1) is 6.54 Å². The first-order valence-electron chi connectivity index (χ1n) is 8.87. The summed E-state index contributed by atoms with van der Waals surface area (Å²) in [6, 6.07) is 7.78. The van der Waals surface area contributed by atoms with Crippen molar-refractivity contribution >= 4 is 51.8 Å². The standard InChI is InChI=1S/C18H27BrN4O2.HI/c1-2-20-18(21-10-4-13-23-12-3-5-17(23)24)22-11-14-25-16-8-6-15(19)7-9-16;/h6-9H,2-5,10-14H2,1H3,(H2,20,21,22);1H. The lowest BCUT2D eigenvalue weighted by Gasteiger charge is -2.15. The Morgan fingerprint density at radius 2 is 2.08 bits per heavy atom. The number of benzene rings is 1. The smallest absolute Gasteiger partial charge is 0.222 e. The van der Waals surface area contributed by atoms with Gasteiger partial charge in [-0.15, -0.1) is 24.0 Å². The van der Waals surface area contributed by atoms with E-state index in [-0.39, 0.29) is 29.9 Å². The second-order valence-electron chi connectivity index (χ2n) is 5.83. The van der Waals surface area contributed by atoms with E-state index in [2.05, 4.69) is 31.6 Å². The van der Waals surface area contributed by atoms with Gasteiger partial charge in [-0.1, -0.05) is 15.9 Å². The SMILES string of the molecule is CCNC(=NCCCN1CCCC1=O)NCCOc1ccc(Br)cc1.I. The predicted octanol–water partition coefficient (Wildman–Crippen LogP) is 3.01. The van der Waals surface area contributed by atoms with Crippen LogP contribution in [0.1, 0.15) is 26.2 Å². The van der Waals surface area contributed by atoms with Crippen LogP contribution < -0.4 is 15.4 Å². The number of carbonyl (C=O) groups excluding carboxylic acids is 1. The maximum absolute atomic E-state index is 11.6. The van der Waals surface area contributed by atoms with E-state index in [1.165, 1.54) is 0 Å². The monoisotopic (exact) mass is 538 g/mol. The molecule has 0 radical (unpaired) electrons. The van der Waals surface area contributed by atoms with E-state index in [1.807, 2.05) is 36.1 Å². The van der Waals surface area contributed by atoms with Gasteiger partial charge in [0.2, 0.25) is 5.91 Å². The van der Waals surface area contributed by atoms with Crippen molar-refractivity contribution in [1.82, 2.24) is 15.5 Å². The van der Waals surface area contributed by atoms with E-state index in [9.17, 15) is 4.79 Å². The molecule has 6 nitrogen and oxygen atoms in total. The third kappa shape index (κ3) is 8.57. The van der Waals surface area contributed by atoms with Crippen LogP contribution in [0.5, 0.6) is 5.75 Å². The molecule has 0 aliphatic carbocycles. The molecule has 1 aliphatic rings. The number of rotatable bonds is 9. The molecule has 0 bridgehead atoms. The van der Waals surface area contributed by atoms with Crippen molar-refractivity contribution < 1.29 is 9.53 Å². The lowest BCUT2D eigenvalue weighted by atomic mass is 10.3. The normalized spacial score (nSPS) is 14.2. The van der Waals surface area contributed by atoms with E-state index in [1.54, 1.807) is 0 Å². The third-order valence-corrected chi connectivity index (χ3v) is 4.38. The molecule has 1 heterocycles. The zero-order chi connectivity index (χ0) is 17.9. The van der Waals surface area contributed by atoms with Crippen LogP contribution in [0, 0.1) is 0 Å². The lowest BCUT2D eigenvalue weighted by Crippen LogP contribution is -2.39. The van der Waals surface area contributed by atoms with Crippen LogP contribution in [0.3, 0.4) is 0 Å². The molecule has 1 aromatic rings. The number of carbonyl (C=O) groups is 1. The Kier molecular flexibility index (Phi) is 11.7. The molecule has 2 rings (SSSR count). The number of amides is 1. The average Bonchev–Trinajstić information content (AvgIpc) is 3.02. The van der Waals surface area contributed by atoms with Crippen LogP contribution in [0.2, 0.25) is 0 Å². The summed E-state index contributed by atoms with van der Waals surface area (Å²) in [4.78, 5) is 18.0. The Balaban J connectivity index is 0.00000338. The molecule has 8 heteroatoms. The number of guanidine groups is 1. The van der Waals surface area contributed by atoms with Gasteiger partial charge in [0.15, 0.2) is 5.96 Å². The molecule has 1 aromatic carbocycles. The van der Waals surface area contributed by atoms with Gasteiger partial charge in [-0.25, -0.2) is 0 Å². The van der Waals surface area contributed by atoms with Crippen molar-refractivity contribution in [3.05, 3.63) is 28.7 Å². The van der Waals surface area contributed by atoms with Crippen molar-refractivity contribution in [3.8, 4) is 5.75 Å². The third-order valence-electron chi connectivity index (χ3n) is 3.85. The van der Waals surface area contributed by atoms with Crippen LogP contribution >= 0.6 is 39.9 Å². The summed E-state index contributed by atoms with van der Waals surface area (Å²) < 4.78 is 6.72. The Hall–Kier alpha value is -1.03. The topological polar surface area (TPSA) is 66.0 Å². The molecule has 1 amide bonds. The minimum atomic E-state index is 0. The first-order valence-corrected chi connectivity index (χ1v) is 9.66. The minimum Gasteiger partial charge on any atom is -0.492 e. The highest BCUT2D eigenvalue weighted by atomic mass is 127. The van der Waals surface area contributed by atoms with Gasteiger partial charge in [-0.05, 0) is 44.0 Å². The Morgan fingerprint density at radius 1 is 1.31 bits per heavy atom. The molecule has 1 saturated heterocycles. The number of nitrogens with zero attached hydrogens (tertiary/aromatic N) is 2. The van der Waals surface area contributed by atoms with Crippen LogP contribution in [0.4, 0.5) is 0 Å². The summed E-state index contributed by atoms with van der Waals surface area (Å²) in [7, 11) is 0. The van der Waals surface area contributed by atoms with Crippen molar-refractivity contribution in [2.75, 3.05) is 39.3 Å². The van der Waals surface area contributed by atoms with Crippen LogP contribution in [0.15, 0.2) is 33.7 Å². The van der Waals surface area contributed by atoms with E-state index >= 15 is 0 Å². The summed E-state index contributed by atoms with van der Waals surface area (Å²) in [6.45, 7) is 6.48. The largest absolute Gasteiger partial charge is 0.492 e. The summed E-state index contributed by atoms with van der Waals surface area (Å²) in [6.07, 6.45) is 2.58. The quantitative estimate of drug-likeness (QED) is 0.219. The van der Waals surface area contributed by atoms with Gasteiger partial charge in [-0.3, -0.25) is 9.79 Å². The molecule has 2 N–H and O–H groups in total. The fourth-order valence-electron chi connectivity index (χ4n) is 2.60.